The zero-order chi connectivity index (χ0) is 41.3. The summed E-state index contributed by atoms with van der Waals surface area (Å²) in [5, 5.41) is 21.2. The largest absolute Gasteiger partial charge is 2.00 e. The van der Waals surface area contributed by atoms with E-state index >= 15 is 0 Å². The fourth-order valence-electron chi connectivity index (χ4n) is 9.71. The van der Waals surface area contributed by atoms with E-state index in [0.29, 0.717) is 22.8 Å². The number of hydrogen-bond donors (Lipinski definition) is 2. The molecule has 4 fully saturated rings. The van der Waals surface area contributed by atoms with Crippen LogP contribution in [0.2, 0.25) is 0 Å². The maximum absolute atomic E-state index is 13.1. The molecule has 8 rings (SSSR count). The van der Waals surface area contributed by atoms with Crippen molar-refractivity contribution >= 4 is 17.4 Å². The zero-order valence-corrected chi connectivity index (χ0v) is 37.6. The van der Waals surface area contributed by atoms with Gasteiger partial charge in [0.25, 0.3) is 12.1 Å². The first kappa shape index (κ1) is 43.4. The van der Waals surface area contributed by atoms with Gasteiger partial charge in [0.15, 0.2) is 11.5 Å². The van der Waals surface area contributed by atoms with E-state index in [0.717, 1.165) is 92.2 Å². The molecule has 2 aliphatic carbocycles. The quantitative estimate of drug-likeness (QED) is 0.162. The molecule has 6 unspecified atom stereocenters. The number of benzene rings is 2. The molecule has 2 saturated heterocycles. The molecule has 0 radical (unpaired) electrons. The van der Waals surface area contributed by atoms with Crippen molar-refractivity contribution in [3.8, 4) is 23.3 Å². The van der Waals surface area contributed by atoms with Gasteiger partial charge in [0.2, 0.25) is 0 Å². The molecule has 60 heavy (non-hydrogen) atoms. The summed E-state index contributed by atoms with van der Waals surface area (Å²) in [6.45, 7) is 12.3. The summed E-state index contributed by atoms with van der Waals surface area (Å²) >= 11 is 0. The Hall–Kier alpha value is -4.65. The van der Waals surface area contributed by atoms with Gasteiger partial charge in [0.1, 0.15) is 40.4 Å². The molecule has 3 aromatic rings. The summed E-state index contributed by atoms with van der Waals surface area (Å²) < 4.78 is 18.1. The number of nitrogens with zero attached hydrogens (tertiary/aromatic N) is 7. The number of anilines is 1. The molecule has 3 aliphatic heterocycles. The number of hydrogen-bond acceptors (Lipinski definition) is 11. The minimum Gasteiger partial charge on any atom is -0.495 e. The fraction of sp³-hybridized carbons (Fsp3) is 0.533. The number of hydrazine groups is 1. The average Bonchev–Trinajstić information content (AvgIpc) is 3.91. The van der Waals surface area contributed by atoms with E-state index in [1.165, 1.54) is 0 Å². The number of amides is 1. The number of carbonyl (C=O) groups excluding carboxylic acids is 1. The molecular weight excluding hydrogens is 937 g/mol. The van der Waals surface area contributed by atoms with Gasteiger partial charge < -0.3 is 35.7 Å². The number of methoxy groups -OCH3 is 1. The van der Waals surface area contributed by atoms with E-state index < -0.39 is 0 Å². The molecule has 5 aliphatic rings. The number of nitriles is 1. The van der Waals surface area contributed by atoms with Gasteiger partial charge in [-0.2, -0.15) is 18.1 Å². The van der Waals surface area contributed by atoms with Crippen LogP contribution in [-0.4, -0.2) is 88.4 Å². The van der Waals surface area contributed by atoms with Gasteiger partial charge in [-0.1, -0.05) is 6.92 Å². The van der Waals surface area contributed by atoms with Crippen LogP contribution < -0.4 is 29.9 Å². The maximum atomic E-state index is 13.1. The molecule has 4 heterocycles. The van der Waals surface area contributed by atoms with Crippen LogP contribution in [0.1, 0.15) is 101 Å². The van der Waals surface area contributed by atoms with Crippen molar-refractivity contribution in [2.75, 3.05) is 25.1 Å². The fourth-order valence-corrected chi connectivity index (χ4v) is 9.71. The molecule has 1 spiro atoms. The third-order valence-electron chi connectivity index (χ3n) is 13.2. The summed E-state index contributed by atoms with van der Waals surface area (Å²) in [4.78, 5) is 36.4. The number of carbonyl (C=O) groups is 1. The predicted octanol–water partition coefficient (Wildman–Crippen LogP) is 6.40. The van der Waals surface area contributed by atoms with Gasteiger partial charge in [0, 0.05) is 30.9 Å². The standard InChI is InChI=1S/C45H56N9O5.Os/c1-6-28(2)38-26-53-30(4)51-54(56)44(53)29(3)47-42(38)31-7-12-34(13-8-31)59-37-19-20-45(24-37)21-22-52(27-45)41-18-17-39(49-50-41)43(55)48-33-10-15-35(16-11-33)58-36-14-9-32(25-46)40(23-36)57-5;/h6-9,12-14,17-18,23,26,28-30,33,35,37-38,44H,10-11,15-16,19-22,24,27H2,1-5H3,(H,48,55)(H,51,56);/q-1;+2/t28?,29-,30?,33?,35?,37?,38?,44?,45?;/m0./s1. The first-order valence-corrected chi connectivity index (χ1v) is 21.2. The van der Waals surface area contributed by atoms with Crippen LogP contribution in [0.25, 0.3) is 0 Å². The molecule has 318 valence electrons. The monoisotopic (exact) mass is 994 g/mol. The Morgan fingerprint density at radius 1 is 1.03 bits per heavy atom. The normalized spacial score (nSPS) is 29.3. The average molecular weight is 993 g/mol. The summed E-state index contributed by atoms with van der Waals surface area (Å²) in [5.41, 5.74) is 5.99. The molecule has 2 aromatic carbocycles. The van der Waals surface area contributed by atoms with E-state index in [-0.39, 0.29) is 79.6 Å². The van der Waals surface area contributed by atoms with E-state index in [1.54, 1.807) is 31.4 Å². The second-order valence-corrected chi connectivity index (χ2v) is 17.1. The molecule has 0 bridgehead atoms. The van der Waals surface area contributed by atoms with Crippen LogP contribution in [-0.2, 0) is 19.8 Å². The number of aliphatic imine (C=N–C) groups is 1. The van der Waals surface area contributed by atoms with Crippen LogP contribution >= 0.6 is 0 Å². The van der Waals surface area contributed by atoms with E-state index in [2.05, 4.69) is 87.9 Å². The molecule has 1 aromatic heterocycles. The minimum absolute atomic E-state index is 0. The van der Waals surface area contributed by atoms with Crippen LogP contribution in [0.4, 0.5) is 5.82 Å². The van der Waals surface area contributed by atoms with Gasteiger partial charge >= 0.3 is 19.8 Å². The van der Waals surface area contributed by atoms with Gasteiger partial charge in [-0.05, 0) is 125 Å². The second-order valence-electron chi connectivity index (χ2n) is 17.1. The zero-order valence-electron chi connectivity index (χ0n) is 35.1. The number of aromatic nitrogens is 2. The summed E-state index contributed by atoms with van der Waals surface area (Å²) in [5.74, 6) is 2.90. The Balaban J connectivity index is 0.00000544. The number of nitroso groups, excluding NO2 is 1. The van der Waals surface area contributed by atoms with E-state index in [1.807, 2.05) is 19.9 Å². The smallest absolute Gasteiger partial charge is 0.495 e. The van der Waals surface area contributed by atoms with E-state index in [9.17, 15) is 15.0 Å². The second kappa shape index (κ2) is 18.5. The minimum atomic E-state index is -0.381. The number of nitrogens with one attached hydrogen (secondary N) is 2. The molecule has 14 nitrogen and oxygen atoms in total. The van der Waals surface area contributed by atoms with Crippen LogP contribution in [0, 0.1) is 46.5 Å². The summed E-state index contributed by atoms with van der Waals surface area (Å²) in [6, 6.07) is 19.2. The molecular formula is C45H56N9O5Os+. The Morgan fingerprint density at radius 3 is 2.48 bits per heavy atom. The topological polar surface area (TPSA) is 157 Å². The first-order valence-electron chi connectivity index (χ1n) is 21.2. The number of ether oxygens (including phenoxy) is 3. The first-order chi connectivity index (χ1) is 28.5. The molecule has 15 heteroatoms. The van der Waals surface area contributed by atoms with Crippen molar-refractivity contribution in [3.63, 3.8) is 0 Å². The van der Waals surface area contributed by atoms with Crippen LogP contribution in [0.5, 0.6) is 17.2 Å². The summed E-state index contributed by atoms with van der Waals surface area (Å²) in [7, 11) is 1.54. The van der Waals surface area contributed by atoms with Crippen molar-refractivity contribution in [2.45, 2.75) is 116 Å². The SMILES string of the molecule is C[CH-]C(C)C1[CH-]N2C(C)N[N+](=O)C2[C@H](C)N=C1c1ccc(OC2CCC3(CCN(c4ccc(C(=O)NC5CCC(Oc6ccc(C#N)c(OC)c6)CC5)nn4)C3)C2)cc1.[Os+2]. The predicted molar refractivity (Wildman–Crippen MR) is 223 cm³/mol. The van der Waals surface area contributed by atoms with Crippen molar-refractivity contribution in [3.05, 3.63) is 89.3 Å². The van der Waals surface area contributed by atoms with Crippen molar-refractivity contribution in [1.29, 1.82) is 5.26 Å². The van der Waals surface area contributed by atoms with Gasteiger partial charge in [-0.15, -0.1) is 21.5 Å². The third kappa shape index (κ3) is 9.16. The van der Waals surface area contributed by atoms with Crippen LogP contribution in [0.15, 0.2) is 59.6 Å². The Kier molecular flexibility index (Phi) is 13.4. The Bertz CT molecular complexity index is 2070. The molecule has 2 saturated carbocycles. The molecule has 2 N–H and O–H groups in total. The Morgan fingerprint density at radius 2 is 1.78 bits per heavy atom. The van der Waals surface area contributed by atoms with Crippen molar-refractivity contribution < 1.29 is 43.7 Å². The third-order valence-corrected chi connectivity index (χ3v) is 13.2. The van der Waals surface area contributed by atoms with Crippen molar-refractivity contribution in [1.82, 2.24) is 25.8 Å². The van der Waals surface area contributed by atoms with Gasteiger partial charge in [0.05, 0.1) is 29.8 Å². The number of rotatable bonds is 11. The van der Waals surface area contributed by atoms with Gasteiger partial charge in [-0.25, -0.2) is 0 Å². The van der Waals surface area contributed by atoms with Crippen LogP contribution in [0.3, 0.4) is 0 Å². The molecule has 7 atom stereocenters. The van der Waals surface area contributed by atoms with E-state index in [4.69, 9.17) is 19.2 Å². The Labute approximate surface area is 366 Å². The van der Waals surface area contributed by atoms with Crippen molar-refractivity contribution in [2.24, 2.45) is 22.2 Å². The number of fused-ring (bicyclic) bond motifs is 1. The summed E-state index contributed by atoms with van der Waals surface area (Å²) in [6.07, 6.45) is 9.24. The maximum Gasteiger partial charge on any atom is 2.00 e. The van der Waals surface area contributed by atoms with Gasteiger partial charge in [-0.3, -0.25) is 16.3 Å². The molecule has 1 amide bonds.